The summed E-state index contributed by atoms with van der Waals surface area (Å²) in [6.45, 7) is -0.157. The van der Waals surface area contributed by atoms with Gasteiger partial charge in [0.25, 0.3) is 5.91 Å². The zero-order chi connectivity index (χ0) is 27.1. The predicted molar refractivity (Wildman–Crippen MR) is 141 cm³/mol. The molecular weight excluding hydrogens is 500 g/mol. The molecule has 3 aromatic rings. The van der Waals surface area contributed by atoms with Crippen LogP contribution in [0, 0.1) is 5.82 Å². The largest absolute Gasteiger partial charge is 0.343 e. The molecule has 0 bridgehead atoms. The van der Waals surface area contributed by atoms with E-state index in [2.05, 4.69) is 5.32 Å². The van der Waals surface area contributed by atoms with Gasteiger partial charge in [-0.3, -0.25) is 14.4 Å². The highest BCUT2D eigenvalue weighted by molar-refractivity contribution is 6.00. The monoisotopic (exact) mass is 529 g/mol. The normalized spacial score (nSPS) is 21.1. The number of hydrogen-bond donors (Lipinski definition) is 1. The summed E-state index contributed by atoms with van der Waals surface area (Å²) in [5, 5.41) is 2.96. The molecule has 0 radical (unpaired) electrons. The van der Waals surface area contributed by atoms with Crippen LogP contribution in [0.3, 0.4) is 0 Å². The van der Waals surface area contributed by atoms with Crippen molar-refractivity contribution < 1.29 is 23.2 Å². The fourth-order valence-electron chi connectivity index (χ4n) is 5.70. The van der Waals surface area contributed by atoms with Crippen molar-refractivity contribution in [3.8, 4) is 0 Å². The van der Waals surface area contributed by atoms with Gasteiger partial charge in [-0.15, -0.1) is 0 Å². The van der Waals surface area contributed by atoms with Gasteiger partial charge in [0.15, 0.2) is 0 Å². The van der Waals surface area contributed by atoms with Gasteiger partial charge in [-0.2, -0.15) is 0 Å². The van der Waals surface area contributed by atoms with Crippen LogP contribution in [0.1, 0.15) is 63.8 Å². The lowest BCUT2D eigenvalue weighted by Gasteiger charge is -2.28. The molecular formula is C31H29F2N3O3. The van der Waals surface area contributed by atoms with Gasteiger partial charge in [-0.25, -0.2) is 8.78 Å². The molecule has 3 aromatic carbocycles. The number of nitrogens with zero attached hydrogens (tertiary/aromatic N) is 2. The van der Waals surface area contributed by atoms with Gasteiger partial charge in [0.2, 0.25) is 11.8 Å². The number of carbonyl (C=O) groups is 3. The van der Waals surface area contributed by atoms with Crippen LogP contribution in [0.4, 0.5) is 8.78 Å². The van der Waals surface area contributed by atoms with Crippen LogP contribution in [0.5, 0.6) is 0 Å². The van der Waals surface area contributed by atoms with Crippen molar-refractivity contribution in [3.63, 3.8) is 0 Å². The third-order valence-corrected chi connectivity index (χ3v) is 7.89. The third kappa shape index (κ3) is 5.03. The second-order valence-electron chi connectivity index (χ2n) is 10.6. The van der Waals surface area contributed by atoms with E-state index in [9.17, 15) is 23.2 Å². The lowest BCUT2D eigenvalue weighted by molar-refractivity contribution is -0.139. The van der Waals surface area contributed by atoms with E-state index in [1.54, 1.807) is 18.2 Å². The van der Waals surface area contributed by atoms with E-state index in [0.717, 1.165) is 24.0 Å². The van der Waals surface area contributed by atoms with E-state index in [0.29, 0.717) is 23.2 Å². The summed E-state index contributed by atoms with van der Waals surface area (Å²) in [4.78, 5) is 42.2. The van der Waals surface area contributed by atoms with E-state index >= 15 is 0 Å². The Morgan fingerprint density at radius 3 is 2.44 bits per heavy atom. The Labute approximate surface area is 225 Å². The minimum Gasteiger partial charge on any atom is -0.343 e. The maximum atomic E-state index is 15.0. The molecule has 1 aliphatic carbocycles. The first-order valence-electron chi connectivity index (χ1n) is 13.3. The highest BCUT2D eigenvalue weighted by Gasteiger charge is 2.42. The highest BCUT2D eigenvalue weighted by Crippen LogP contribution is 2.42. The average molecular weight is 530 g/mol. The number of alkyl halides is 1. The summed E-state index contributed by atoms with van der Waals surface area (Å²) in [5.74, 6) is -1.30. The number of benzene rings is 3. The molecule has 3 amide bonds. The number of rotatable bonds is 7. The second-order valence-corrected chi connectivity index (χ2v) is 10.6. The van der Waals surface area contributed by atoms with Crippen LogP contribution in [0.25, 0.3) is 0 Å². The van der Waals surface area contributed by atoms with Crippen molar-refractivity contribution >= 4 is 17.7 Å². The number of amides is 3. The molecule has 2 fully saturated rings. The van der Waals surface area contributed by atoms with Crippen LogP contribution in [-0.4, -0.2) is 52.8 Å². The predicted octanol–water partition coefficient (Wildman–Crippen LogP) is 4.50. The number of nitrogens with one attached hydrogen (secondary N) is 1. The highest BCUT2D eigenvalue weighted by atomic mass is 19.1. The first-order chi connectivity index (χ1) is 18.9. The van der Waals surface area contributed by atoms with Gasteiger partial charge in [-0.05, 0) is 53.1 Å². The molecule has 39 heavy (non-hydrogen) atoms. The van der Waals surface area contributed by atoms with Crippen molar-refractivity contribution in [2.45, 2.75) is 50.0 Å². The summed E-state index contributed by atoms with van der Waals surface area (Å²) >= 11 is 0. The van der Waals surface area contributed by atoms with Gasteiger partial charge in [0.1, 0.15) is 24.6 Å². The van der Waals surface area contributed by atoms with E-state index in [1.807, 2.05) is 48.5 Å². The number of likely N-dealkylation sites (tertiary alicyclic amines) is 1. The van der Waals surface area contributed by atoms with E-state index in [1.165, 1.54) is 15.9 Å². The van der Waals surface area contributed by atoms with Crippen LogP contribution in [0.2, 0.25) is 0 Å². The van der Waals surface area contributed by atoms with Crippen molar-refractivity contribution in [2.75, 3.05) is 13.1 Å². The number of fused-ring (bicyclic) bond motifs is 1. The smallest absolute Gasteiger partial charge is 0.254 e. The minimum atomic E-state index is -1.36. The molecule has 1 saturated carbocycles. The molecule has 3 atom stereocenters. The van der Waals surface area contributed by atoms with Crippen LogP contribution in [0.15, 0.2) is 72.8 Å². The van der Waals surface area contributed by atoms with Gasteiger partial charge in [0, 0.05) is 18.5 Å². The van der Waals surface area contributed by atoms with Crippen LogP contribution in [-0.2, 0) is 16.1 Å². The quantitative estimate of drug-likeness (QED) is 0.490. The minimum absolute atomic E-state index is 0.137. The summed E-state index contributed by atoms with van der Waals surface area (Å²) in [5.41, 5.74) is 3.39. The Morgan fingerprint density at radius 2 is 1.72 bits per heavy atom. The standard InChI is InChI=1S/C31H29F2N3O3/c32-23-15-27(36(17-23)28(37)18-35-16-22-8-4-5-9-25(22)31(35)39)30(38)34-29(20-6-2-1-3-7-20)21-12-13-24(19-10-11-19)26(33)14-21/h1-9,12-14,19,23,27,29H,10-11,15-18H2,(H,34,38). The van der Waals surface area contributed by atoms with Crippen LogP contribution >= 0.6 is 0 Å². The molecule has 6 rings (SSSR count). The lowest BCUT2D eigenvalue weighted by atomic mass is 9.96. The SMILES string of the molecule is O=C(NC(c1ccccc1)c1ccc(C2CC2)c(F)c1)C1CC(F)CN1C(=O)CN1Cc2ccccc2C1=O. The zero-order valence-corrected chi connectivity index (χ0v) is 21.4. The van der Waals surface area contributed by atoms with Crippen molar-refractivity contribution in [1.82, 2.24) is 15.1 Å². The van der Waals surface area contributed by atoms with Gasteiger partial charge >= 0.3 is 0 Å². The number of carbonyl (C=O) groups excluding carboxylic acids is 3. The van der Waals surface area contributed by atoms with Crippen molar-refractivity contribution in [2.24, 2.45) is 0 Å². The van der Waals surface area contributed by atoms with Crippen LogP contribution < -0.4 is 5.32 Å². The zero-order valence-electron chi connectivity index (χ0n) is 21.4. The van der Waals surface area contributed by atoms with E-state index in [4.69, 9.17) is 0 Å². The first kappa shape index (κ1) is 25.2. The Morgan fingerprint density at radius 1 is 0.974 bits per heavy atom. The fourth-order valence-corrected chi connectivity index (χ4v) is 5.70. The van der Waals surface area contributed by atoms with E-state index in [-0.39, 0.29) is 37.2 Å². The van der Waals surface area contributed by atoms with Gasteiger partial charge < -0.3 is 15.1 Å². The number of halogens is 2. The third-order valence-electron chi connectivity index (χ3n) is 7.89. The Balaban J connectivity index is 1.20. The summed E-state index contributed by atoms with van der Waals surface area (Å²) in [7, 11) is 0. The molecule has 2 heterocycles. The van der Waals surface area contributed by atoms with Gasteiger partial charge in [-0.1, -0.05) is 60.7 Å². The molecule has 1 N–H and O–H groups in total. The topological polar surface area (TPSA) is 69.7 Å². The fraction of sp³-hybridized carbons (Fsp3) is 0.323. The molecule has 3 unspecified atom stereocenters. The van der Waals surface area contributed by atoms with Crippen molar-refractivity contribution in [1.29, 1.82) is 0 Å². The maximum Gasteiger partial charge on any atom is 0.254 e. The molecule has 0 spiro atoms. The summed E-state index contributed by atoms with van der Waals surface area (Å²) in [6, 6.07) is 19.7. The van der Waals surface area contributed by atoms with E-state index < -0.39 is 30.1 Å². The molecule has 2 aliphatic heterocycles. The maximum absolute atomic E-state index is 15.0. The first-order valence-corrected chi connectivity index (χ1v) is 13.3. The molecule has 1 saturated heterocycles. The molecule has 200 valence electrons. The average Bonchev–Trinajstić information content (AvgIpc) is 3.63. The lowest BCUT2D eigenvalue weighted by Crippen LogP contribution is -2.49. The molecule has 6 nitrogen and oxygen atoms in total. The molecule has 3 aliphatic rings. The second kappa shape index (κ2) is 10.2. The van der Waals surface area contributed by atoms with Crippen molar-refractivity contribution in [3.05, 3.63) is 106 Å². The van der Waals surface area contributed by atoms with Gasteiger partial charge in [0.05, 0.1) is 12.6 Å². The summed E-state index contributed by atoms with van der Waals surface area (Å²) < 4.78 is 29.6. The Hall–Kier alpha value is -4.07. The molecule has 8 heteroatoms. The Kier molecular flexibility index (Phi) is 6.62. The molecule has 0 aromatic heterocycles. The Bertz CT molecular complexity index is 1430. The summed E-state index contributed by atoms with van der Waals surface area (Å²) in [6.07, 6.45) is 0.449. The number of hydrogen-bond acceptors (Lipinski definition) is 3.